The number of benzene rings is 2. The van der Waals surface area contributed by atoms with Crippen LogP contribution in [-0.2, 0) is 0 Å². The highest BCUT2D eigenvalue weighted by atomic mass is 35.5. The van der Waals surface area contributed by atoms with Crippen molar-refractivity contribution in [3.63, 3.8) is 0 Å². The van der Waals surface area contributed by atoms with Gasteiger partial charge in [-0.2, -0.15) is 5.10 Å². The topological polar surface area (TPSA) is 91.2 Å². The zero-order valence-corrected chi connectivity index (χ0v) is 12.3. The van der Waals surface area contributed by atoms with Crippen molar-refractivity contribution in [1.82, 2.24) is 5.43 Å². The van der Waals surface area contributed by atoms with E-state index >= 15 is 0 Å². The Morgan fingerprint density at radius 3 is 2.68 bits per heavy atom. The molecule has 114 valence electrons. The molecule has 0 aromatic heterocycles. The Bertz CT molecular complexity index is 731. The highest BCUT2D eigenvalue weighted by molar-refractivity contribution is 6.30. The van der Waals surface area contributed by atoms with Crippen LogP contribution in [-0.4, -0.2) is 29.4 Å². The van der Waals surface area contributed by atoms with Gasteiger partial charge in [0.05, 0.1) is 18.9 Å². The van der Waals surface area contributed by atoms with E-state index in [2.05, 4.69) is 10.5 Å². The minimum Gasteiger partial charge on any atom is -0.507 e. The molecule has 2 aromatic carbocycles. The number of carbonyl (C=O) groups is 1. The third kappa shape index (κ3) is 3.67. The predicted molar refractivity (Wildman–Crippen MR) is 82.8 cm³/mol. The molecular formula is C15H13ClN2O4. The van der Waals surface area contributed by atoms with Gasteiger partial charge in [0, 0.05) is 10.6 Å². The number of hydrazone groups is 1. The van der Waals surface area contributed by atoms with Gasteiger partial charge in [0.1, 0.15) is 17.2 Å². The number of hydrogen-bond acceptors (Lipinski definition) is 5. The zero-order chi connectivity index (χ0) is 16.1. The fourth-order valence-corrected chi connectivity index (χ4v) is 1.85. The lowest BCUT2D eigenvalue weighted by atomic mass is 10.2. The number of hydrogen-bond donors (Lipinski definition) is 3. The van der Waals surface area contributed by atoms with Crippen LogP contribution < -0.4 is 10.2 Å². The maximum atomic E-state index is 11.9. The van der Waals surface area contributed by atoms with Crippen molar-refractivity contribution in [2.75, 3.05) is 7.11 Å². The number of carbonyl (C=O) groups excluding carboxylic acids is 1. The molecule has 6 nitrogen and oxygen atoms in total. The van der Waals surface area contributed by atoms with Gasteiger partial charge in [0.25, 0.3) is 5.91 Å². The maximum absolute atomic E-state index is 11.9. The highest BCUT2D eigenvalue weighted by Crippen LogP contribution is 2.22. The molecule has 0 aliphatic rings. The number of rotatable bonds is 4. The number of phenols is 2. The molecule has 0 atom stereocenters. The lowest BCUT2D eigenvalue weighted by molar-refractivity contribution is 0.0952. The van der Waals surface area contributed by atoms with Gasteiger partial charge in [-0.25, -0.2) is 5.43 Å². The summed E-state index contributed by atoms with van der Waals surface area (Å²) >= 11 is 5.69. The Hall–Kier alpha value is -2.73. The third-order valence-electron chi connectivity index (χ3n) is 2.81. The molecule has 7 heteroatoms. The fourth-order valence-electron chi connectivity index (χ4n) is 1.68. The molecule has 0 saturated heterocycles. The first-order chi connectivity index (χ1) is 10.5. The molecule has 0 aliphatic heterocycles. The van der Waals surface area contributed by atoms with E-state index in [1.54, 1.807) is 12.1 Å². The fraction of sp³-hybridized carbons (Fsp3) is 0.0667. The minimum atomic E-state index is -0.604. The standard InChI is InChI=1S/C15H13ClN2O4/c1-22-11-3-5-13(19)9(6-11)8-17-18-15(21)12-4-2-10(16)7-14(12)20/h2-8,19-20H,1H3,(H,18,21)/b17-8+. The summed E-state index contributed by atoms with van der Waals surface area (Å²) in [5.74, 6) is -0.314. The van der Waals surface area contributed by atoms with Crippen molar-refractivity contribution < 1.29 is 19.7 Å². The summed E-state index contributed by atoms with van der Waals surface area (Å²) in [6.07, 6.45) is 1.27. The lowest BCUT2D eigenvalue weighted by Gasteiger charge is -2.04. The maximum Gasteiger partial charge on any atom is 0.275 e. The second-order valence-corrected chi connectivity index (χ2v) is 4.72. The van der Waals surface area contributed by atoms with Gasteiger partial charge in [0.15, 0.2) is 0 Å². The van der Waals surface area contributed by atoms with E-state index < -0.39 is 5.91 Å². The smallest absolute Gasteiger partial charge is 0.275 e. The third-order valence-corrected chi connectivity index (χ3v) is 3.04. The summed E-state index contributed by atoms with van der Waals surface area (Å²) in [5, 5.41) is 23.4. The van der Waals surface area contributed by atoms with Gasteiger partial charge in [-0.1, -0.05) is 11.6 Å². The first kappa shape index (κ1) is 15.7. The molecule has 0 unspecified atom stereocenters. The van der Waals surface area contributed by atoms with Gasteiger partial charge in [0.2, 0.25) is 0 Å². The number of amides is 1. The molecule has 0 aliphatic carbocycles. The molecule has 0 spiro atoms. The summed E-state index contributed by atoms with van der Waals surface area (Å²) in [4.78, 5) is 11.9. The van der Waals surface area contributed by atoms with Crippen molar-refractivity contribution in [1.29, 1.82) is 0 Å². The molecule has 0 radical (unpaired) electrons. The van der Waals surface area contributed by atoms with E-state index in [0.29, 0.717) is 16.3 Å². The number of ether oxygens (including phenoxy) is 1. The Kier molecular flexibility index (Phi) is 4.85. The van der Waals surface area contributed by atoms with Gasteiger partial charge in [-0.05, 0) is 36.4 Å². The molecule has 0 bridgehead atoms. The first-order valence-corrected chi connectivity index (χ1v) is 6.58. The number of nitrogens with one attached hydrogen (secondary N) is 1. The average molecular weight is 321 g/mol. The predicted octanol–water partition coefficient (Wildman–Crippen LogP) is 2.52. The monoisotopic (exact) mass is 320 g/mol. The van der Waals surface area contributed by atoms with Gasteiger partial charge in [-0.3, -0.25) is 4.79 Å². The normalized spacial score (nSPS) is 10.6. The molecule has 0 heterocycles. The summed E-state index contributed by atoms with van der Waals surface area (Å²) in [7, 11) is 1.50. The van der Waals surface area contributed by atoms with Crippen molar-refractivity contribution in [3.8, 4) is 17.2 Å². The Balaban J connectivity index is 2.10. The number of nitrogens with zero attached hydrogens (tertiary/aromatic N) is 1. The average Bonchev–Trinajstić information content (AvgIpc) is 2.49. The molecule has 0 fully saturated rings. The molecule has 2 rings (SSSR count). The van der Waals surface area contributed by atoms with Crippen LogP contribution in [0.25, 0.3) is 0 Å². The SMILES string of the molecule is COc1ccc(O)c(/C=N/NC(=O)c2ccc(Cl)cc2O)c1. The van der Waals surface area contributed by atoms with Crippen LogP contribution in [0.15, 0.2) is 41.5 Å². The van der Waals surface area contributed by atoms with Gasteiger partial charge in [-0.15, -0.1) is 0 Å². The Morgan fingerprint density at radius 2 is 2.00 bits per heavy atom. The first-order valence-electron chi connectivity index (χ1n) is 6.20. The van der Waals surface area contributed by atoms with Crippen LogP contribution in [0.4, 0.5) is 0 Å². The molecule has 0 saturated carbocycles. The summed E-state index contributed by atoms with van der Waals surface area (Å²) in [5.41, 5.74) is 2.66. The van der Waals surface area contributed by atoms with Gasteiger partial charge >= 0.3 is 0 Å². The van der Waals surface area contributed by atoms with Gasteiger partial charge < -0.3 is 14.9 Å². The van der Waals surface area contributed by atoms with Crippen LogP contribution in [0.2, 0.25) is 5.02 Å². The Morgan fingerprint density at radius 1 is 1.23 bits per heavy atom. The minimum absolute atomic E-state index is 0.00635. The highest BCUT2D eigenvalue weighted by Gasteiger charge is 2.10. The Labute approximate surface area is 131 Å². The van der Waals surface area contributed by atoms with Crippen LogP contribution in [0.3, 0.4) is 0 Å². The van der Waals surface area contributed by atoms with Crippen LogP contribution in [0.5, 0.6) is 17.2 Å². The number of halogens is 1. The second kappa shape index (κ2) is 6.82. The van der Waals surface area contributed by atoms with E-state index in [-0.39, 0.29) is 17.1 Å². The van der Waals surface area contributed by atoms with Crippen molar-refractivity contribution in [2.45, 2.75) is 0 Å². The van der Waals surface area contributed by atoms with E-state index in [1.807, 2.05) is 0 Å². The zero-order valence-electron chi connectivity index (χ0n) is 11.6. The van der Waals surface area contributed by atoms with Crippen LogP contribution in [0, 0.1) is 0 Å². The lowest BCUT2D eigenvalue weighted by Crippen LogP contribution is -2.17. The molecule has 1 amide bonds. The number of methoxy groups -OCH3 is 1. The molecule has 2 aromatic rings. The number of aromatic hydroxyl groups is 2. The second-order valence-electron chi connectivity index (χ2n) is 4.29. The van der Waals surface area contributed by atoms with E-state index in [0.717, 1.165) is 0 Å². The molecule has 3 N–H and O–H groups in total. The van der Waals surface area contributed by atoms with E-state index in [4.69, 9.17) is 16.3 Å². The molecule has 22 heavy (non-hydrogen) atoms. The summed E-state index contributed by atoms with van der Waals surface area (Å²) in [6.45, 7) is 0. The summed E-state index contributed by atoms with van der Waals surface area (Å²) < 4.78 is 5.03. The van der Waals surface area contributed by atoms with E-state index in [1.165, 1.54) is 37.6 Å². The quantitative estimate of drug-likeness (QED) is 0.596. The molecular weight excluding hydrogens is 308 g/mol. The largest absolute Gasteiger partial charge is 0.507 e. The van der Waals surface area contributed by atoms with E-state index in [9.17, 15) is 15.0 Å². The number of phenolic OH excluding ortho intramolecular Hbond substituents is 2. The van der Waals surface area contributed by atoms with Crippen molar-refractivity contribution in [3.05, 3.63) is 52.5 Å². The van der Waals surface area contributed by atoms with Crippen LogP contribution >= 0.6 is 11.6 Å². The van der Waals surface area contributed by atoms with Crippen molar-refractivity contribution in [2.24, 2.45) is 5.10 Å². The summed E-state index contributed by atoms with van der Waals surface area (Å²) in [6, 6.07) is 8.72. The van der Waals surface area contributed by atoms with Crippen LogP contribution in [0.1, 0.15) is 15.9 Å². The van der Waals surface area contributed by atoms with Crippen molar-refractivity contribution >= 4 is 23.7 Å².